The molecule has 0 rings (SSSR count). The summed E-state index contributed by atoms with van der Waals surface area (Å²) in [6.07, 6.45) is 8.64. The third kappa shape index (κ3) is 24.8. The smallest absolute Gasteiger partial charge is 0.303 e. The zero-order valence-electron chi connectivity index (χ0n) is 12.5. The number of aliphatic carboxylic acids is 1. The summed E-state index contributed by atoms with van der Waals surface area (Å²) < 4.78 is 2.80. The molecule has 0 saturated carbocycles. The van der Waals surface area contributed by atoms with E-state index >= 15 is 0 Å². The first-order valence-corrected chi connectivity index (χ1v) is 7.41. The number of unbranched alkanes of at least 4 members (excludes halogenated alkanes) is 6. The van der Waals surface area contributed by atoms with E-state index in [4.69, 9.17) is 5.11 Å². The van der Waals surface area contributed by atoms with Crippen LogP contribution in [0.15, 0.2) is 0 Å². The summed E-state index contributed by atoms with van der Waals surface area (Å²) >= 11 is 3.85. The van der Waals surface area contributed by atoms with Gasteiger partial charge in [-0.2, -0.15) is 0 Å². The van der Waals surface area contributed by atoms with E-state index in [2.05, 4.69) is 45.2 Å². The fourth-order valence-corrected chi connectivity index (χ4v) is 1.23. The highest BCUT2D eigenvalue weighted by atomic mass is 32.1. The molecular weight excluding hydrogens is 246 g/mol. The molecule has 0 bridgehead atoms. The summed E-state index contributed by atoms with van der Waals surface area (Å²) in [6, 6.07) is 0. The molecule has 0 unspecified atom stereocenters. The van der Waals surface area contributed by atoms with Crippen molar-refractivity contribution >= 4 is 18.8 Å². The fraction of sp³-hybridized carbons (Fsp3) is 0.929. The number of nitrogens with one attached hydrogen (secondary N) is 1. The Morgan fingerprint density at radius 2 is 1.44 bits per heavy atom. The average Bonchev–Trinajstić information content (AvgIpc) is 2.27. The van der Waals surface area contributed by atoms with Gasteiger partial charge in [0.2, 0.25) is 0 Å². The molecule has 0 aromatic rings. The number of carboxylic acids is 1. The lowest BCUT2D eigenvalue weighted by molar-refractivity contribution is -0.137. The van der Waals surface area contributed by atoms with Crippen molar-refractivity contribution in [3.8, 4) is 0 Å². The molecule has 0 saturated heterocycles. The Labute approximate surface area is 118 Å². The van der Waals surface area contributed by atoms with E-state index in [0.29, 0.717) is 6.42 Å². The Hall–Kier alpha value is -0.220. The Balaban J connectivity index is 0. The number of thiol groups is 1. The minimum Gasteiger partial charge on any atom is -0.481 e. The van der Waals surface area contributed by atoms with Gasteiger partial charge in [-0.1, -0.05) is 58.3 Å². The minimum atomic E-state index is -0.663. The van der Waals surface area contributed by atoms with Gasteiger partial charge < -0.3 is 5.11 Å². The molecule has 0 spiro atoms. The minimum absolute atomic E-state index is 0.156. The first kappa shape index (κ1) is 20.1. The first-order valence-electron chi connectivity index (χ1n) is 6.96. The molecule has 0 heterocycles. The van der Waals surface area contributed by atoms with Gasteiger partial charge in [-0.05, 0) is 27.2 Å². The van der Waals surface area contributed by atoms with Gasteiger partial charge in [0, 0.05) is 12.0 Å². The lowest BCUT2D eigenvalue weighted by Crippen LogP contribution is -2.27. The Morgan fingerprint density at radius 1 is 1.06 bits per heavy atom. The molecule has 0 amide bonds. The van der Waals surface area contributed by atoms with Gasteiger partial charge in [-0.3, -0.25) is 9.52 Å². The highest BCUT2D eigenvalue weighted by molar-refractivity contribution is 7.78. The van der Waals surface area contributed by atoms with Crippen LogP contribution in [0.1, 0.15) is 79.1 Å². The van der Waals surface area contributed by atoms with Gasteiger partial charge in [0.05, 0.1) is 0 Å². The van der Waals surface area contributed by atoms with Crippen LogP contribution in [0, 0.1) is 0 Å². The quantitative estimate of drug-likeness (QED) is 0.454. The number of carbonyl (C=O) groups is 1. The summed E-state index contributed by atoms with van der Waals surface area (Å²) in [6.45, 7) is 8.37. The molecular formula is C14H31NO2S. The maximum absolute atomic E-state index is 10.1. The molecule has 0 aliphatic rings. The van der Waals surface area contributed by atoms with Crippen LogP contribution in [0.3, 0.4) is 0 Å². The molecule has 0 aliphatic carbocycles. The van der Waals surface area contributed by atoms with Crippen LogP contribution < -0.4 is 4.72 Å². The van der Waals surface area contributed by atoms with Crippen LogP contribution in [0.5, 0.6) is 0 Å². The monoisotopic (exact) mass is 277 g/mol. The normalized spacial score (nSPS) is 10.7. The van der Waals surface area contributed by atoms with Crippen molar-refractivity contribution in [3.63, 3.8) is 0 Å². The molecule has 0 fully saturated rings. The maximum Gasteiger partial charge on any atom is 0.303 e. The molecule has 0 atom stereocenters. The van der Waals surface area contributed by atoms with Crippen LogP contribution in [0.4, 0.5) is 0 Å². The standard InChI is InChI=1S/C10H20O2.C4H11NS/c1-2-3-4-5-6-7-8-9-10(11)12;1-4(2,3)5-6/h2-9H2,1H3,(H,11,12);5-6H,1-3H3. The zero-order chi connectivity index (χ0) is 14.4. The lowest BCUT2D eigenvalue weighted by Gasteiger charge is -2.14. The van der Waals surface area contributed by atoms with Crippen LogP contribution >= 0.6 is 12.8 Å². The molecule has 18 heavy (non-hydrogen) atoms. The van der Waals surface area contributed by atoms with Crippen molar-refractivity contribution in [3.05, 3.63) is 0 Å². The predicted octanol–water partition coefficient (Wildman–Crippen LogP) is 4.43. The second-order valence-corrected chi connectivity index (χ2v) is 5.85. The maximum atomic E-state index is 10.1. The van der Waals surface area contributed by atoms with Gasteiger partial charge in [0.1, 0.15) is 0 Å². The van der Waals surface area contributed by atoms with Gasteiger partial charge in [0.15, 0.2) is 0 Å². The first-order chi connectivity index (χ1) is 8.33. The van der Waals surface area contributed by atoms with E-state index in [0.717, 1.165) is 12.8 Å². The summed E-state index contributed by atoms with van der Waals surface area (Å²) in [5.41, 5.74) is 0.156. The van der Waals surface area contributed by atoms with Crippen LogP contribution in [-0.4, -0.2) is 16.6 Å². The highest BCUT2D eigenvalue weighted by Crippen LogP contribution is 2.07. The molecule has 0 aromatic heterocycles. The van der Waals surface area contributed by atoms with E-state index in [-0.39, 0.29) is 5.54 Å². The molecule has 3 nitrogen and oxygen atoms in total. The van der Waals surface area contributed by atoms with E-state index in [1.165, 1.54) is 32.1 Å². The van der Waals surface area contributed by atoms with Crippen molar-refractivity contribution in [1.82, 2.24) is 4.72 Å². The largest absolute Gasteiger partial charge is 0.481 e. The van der Waals surface area contributed by atoms with Gasteiger partial charge >= 0.3 is 5.97 Å². The third-order valence-electron chi connectivity index (χ3n) is 2.33. The van der Waals surface area contributed by atoms with Crippen molar-refractivity contribution in [2.45, 2.75) is 84.6 Å². The predicted molar refractivity (Wildman–Crippen MR) is 82.1 cm³/mol. The molecule has 0 aromatic carbocycles. The van der Waals surface area contributed by atoms with Crippen LogP contribution in [-0.2, 0) is 4.79 Å². The van der Waals surface area contributed by atoms with Gasteiger partial charge in [-0.15, -0.1) is 0 Å². The number of rotatable bonds is 8. The summed E-state index contributed by atoms with van der Waals surface area (Å²) in [5, 5.41) is 8.35. The average molecular weight is 277 g/mol. The number of carboxylic acid groups (broad SMARTS) is 1. The topological polar surface area (TPSA) is 49.3 Å². The molecule has 110 valence electrons. The Kier molecular flexibility index (Phi) is 14.8. The summed E-state index contributed by atoms with van der Waals surface area (Å²) in [7, 11) is 0. The second kappa shape index (κ2) is 13.2. The van der Waals surface area contributed by atoms with E-state index in [1.54, 1.807) is 0 Å². The molecule has 0 radical (unpaired) electrons. The fourth-order valence-electron chi connectivity index (χ4n) is 1.23. The molecule has 0 aliphatic heterocycles. The SMILES string of the molecule is CC(C)(C)NS.CCCCCCCCCC(=O)O. The number of hydrogen-bond donors (Lipinski definition) is 3. The Morgan fingerprint density at radius 3 is 1.78 bits per heavy atom. The summed E-state index contributed by atoms with van der Waals surface area (Å²) in [4.78, 5) is 10.1. The van der Waals surface area contributed by atoms with Crippen molar-refractivity contribution in [1.29, 1.82) is 0 Å². The van der Waals surface area contributed by atoms with E-state index in [9.17, 15) is 4.79 Å². The zero-order valence-corrected chi connectivity index (χ0v) is 13.4. The van der Waals surface area contributed by atoms with E-state index in [1.807, 2.05) is 0 Å². The highest BCUT2D eigenvalue weighted by Gasteiger charge is 2.02. The van der Waals surface area contributed by atoms with Crippen LogP contribution in [0.2, 0.25) is 0 Å². The summed E-state index contributed by atoms with van der Waals surface area (Å²) in [5.74, 6) is -0.663. The second-order valence-electron chi connectivity index (χ2n) is 5.63. The van der Waals surface area contributed by atoms with E-state index < -0.39 is 5.97 Å². The number of hydrogen-bond acceptors (Lipinski definition) is 3. The Bertz CT molecular complexity index is 191. The van der Waals surface area contributed by atoms with Crippen molar-refractivity contribution < 1.29 is 9.90 Å². The van der Waals surface area contributed by atoms with Crippen molar-refractivity contribution in [2.75, 3.05) is 0 Å². The third-order valence-corrected chi connectivity index (χ3v) is 3.00. The molecule has 4 heteroatoms. The van der Waals surface area contributed by atoms with Crippen molar-refractivity contribution in [2.24, 2.45) is 0 Å². The van der Waals surface area contributed by atoms with Gasteiger partial charge in [0.25, 0.3) is 0 Å². The van der Waals surface area contributed by atoms with Crippen LogP contribution in [0.25, 0.3) is 0 Å². The molecule has 2 N–H and O–H groups in total. The lowest BCUT2D eigenvalue weighted by atomic mass is 10.1. The van der Waals surface area contributed by atoms with Gasteiger partial charge in [-0.25, -0.2) is 0 Å².